The Hall–Kier alpha value is -2.80. The van der Waals surface area contributed by atoms with Gasteiger partial charge in [-0.2, -0.15) is 0 Å². The lowest BCUT2D eigenvalue weighted by Crippen LogP contribution is -2.28. The van der Waals surface area contributed by atoms with E-state index in [-0.39, 0.29) is 18.0 Å². The summed E-state index contributed by atoms with van der Waals surface area (Å²) in [6.07, 6.45) is 0.500. The molecular weight excluding hydrogens is 312 g/mol. The fourth-order valence-electron chi connectivity index (χ4n) is 2.22. The average Bonchev–Trinajstić information content (AvgIpc) is 3.09. The number of methoxy groups -OCH3 is 2. The van der Waals surface area contributed by atoms with Crippen LogP contribution in [-0.2, 0) is 0 Å². The maximum Gasteiger partial charge on any atom is 0.267 e. The molecule has 3 N–H and O–H groups in total. The molecule has 1 heterocycles. The van der Waals surface area contributed by atoms with Crippen LogP contribution in [0.3, 0.4) is 0 Å². The molecule has 0 radical (unpaired) electrons. The van der Waals surface area contributed by atoms with Crippen molar-refractivity contribution in [2.45, 2.75) is 13.0 Å². The van der Waals surface area contributed by atoms with Gasteiger partial charge in [-0.3, -0.25) is 9.59 Å². The monoisotopic (exact) mass is 332 g/mol. The largest absolute Gasteiger partial charge is 0.497 e. The van der Waals surface area contributed by atoms with Gasteiger partial charge in [0, 0.05) is 23.9 Å². The molecule has 2 rings (SSSR count). The van der Waals surface area contributed by atoms with Crippen molar-refractivity contribution in [1.82, 2.24) is 10.3 Å². The molecule has 128 valence electrons. The van der Waals surface area contributed by atoms with Crippen LogP contribution in [0, 0.1) is 0 Å². The van der Waals surface area contributed by atoms with Crippen molar-refractivity contribution >= 4 is 11.7 Å². The van der Waals surface area contributed by atoms with Crippen molar-refractivity contribution in [3.05, 3.63) is 47.3 Å². The molecule has 1 aromatic carbocycles. The molecule has 0 aliphatic rings. The normalized spacial score (nSPS) is 11.7. The number of aliphatic hydroxyl groups excluding tert-OH is 1. The quantitative estimate of drug-likeness (QED) is 0.670. The maximum absolute atomic E-state index is 12.1. The highest BCUT2D eigenvalue weighted by atomic mass is 16.5. The average molecular weight is 332 g/mol. The molecule has 0 saturated heterocycles. The Morgan fingerprint density at radius 3 is 2.58 bits per heavy atom. The Bertz CT molecular complexity index is 738. The highest BCUT2D eigenvalue weighted by Gasteiger charge is 2.17. The Labute approximate surface area is 139 Å². The first-order valence-electron chi connectivity index (χ1n) is 7.33. The van der Waals surface area contributed by atoms with Gasteiger partial charge in [-0.1, -0.05) is 0 Å². The summed E-state index contributed by atoms with van der Waals surface area (Å²) < 4.78 is 10.3. The fourth-order valence-corrected chi connectivity index (χ4v) is 2.22. The van der Waals surface area contributed by atoms with E-state index in [1.807, 2.05) is 0 Å². The summed E-state index contributed by atoms with van der Waals surface area (Å²) in [7, 11) is 3.02. The number of Topliss-reactive ketones (excluding diaryl/α,β-unsaturated/α-hetero) is 1. The summed E-state index contributed by atoms with van der Waals surface area (Å²) >= 11 is 0. The molecule has 7 nitrogen and oxygen atoms in total. The van der Waals surface area contributed by atoms with Gasteiger partial charge in [-0.15, -0.1) is 0 Å². The van der Waals surface area contributed by atoms with Crippen LogP contribution in [0.5, 0.6) is 11.5 Å². The van der Waals surface area contributed by atoms with Crippen molar-refractivity contribution in [1.29, 1.82) is 0 Å². The Morgan fingerprint density at radius 1 is 1.25 bits per heavy atom. The first-order valence-corrected chi connectivity index (χ1v) is 7.33. The van der Waals surface area contributed by atoms with Crippen LogP contribution < -0.4 is 14.8 Å². The van der Waals surface area contributed by atoms with E-state index in [1.165, 1.54) is 33.4 Å². The Balaban J connectivity index is 2.05. The van der Waals surface area contributed by atoms with E-state index in [0.29, 0.717) is 22.6 Å². The SMILES string of the molecule is COc1ccc(OC)c([C@@H](O)CNC(=O)c2cc(C(C)=O)c[nH]2)c1. The Morgan fingerprint density at radius 2 is 2.00 bits per heavy atom. The molecule has 0 spiro atoms. The zero-order valence-corrected chi connectivity index (χ0v) is 13.8. The number of amides is 1. The van der Waals surface area contributed by atoms with Crippen LogP contribution in [0.1, 0.15) is 39.4 Å². The number of aliphatic hydroxyl groups is 1. The minimum absolute atomic E-state index is 0.0171. The van der Waals surface area contributed by atoms with Crippen molar-refractivity contribution in [3.63, 3.8) is 0 Å². The zero-order valence-electron chi connectivity index (χ0n) is 13.8. The number of benzene rings is 1. The van der Waals surface area contributed by atoms with Gasteiger partial charge in [0.1, 0.15) is 23.3 Å². The van der Waals surface area contributed by atoms with Crippen LogP contribution in [0.4, 0.5) is 0 Å². The molecule has 7 heteroatoms. The maximum atomic E-state index is 12.1. The molecule has 0 unspecified atom stereocenters. The van der Waals surface area contributed by atoms with E-state index in [4.69, 9.17) is 9.47 Å². The van der Waals surface area contributed by atoms with Gasteiger partial charge in [0.05, 0.1) is 14.2 Å². The topological polar surface area (TPSA) is 101 Å². The van der Waals surface area contributed by atoms with Gasteiger partial charge in [0.2, 0.25) is 0 Å². The summed E-state index contributed by atoms with van der Waals surface area (Å²) in [4.78, 5) is 26.1. The molecule has 0 fully saturated rings. The summed E-state index contributed by atoms with van der Waals surface area (Å²) in [6, 6.07) is 6.52. The second-order valence-electron chi connectivity index (χ2n) is 5.19. The number of carbonyl (C=O) groups is 2. The molecule has 0 bridgehead atoms. The first kappa shape index (κ1) is 17.6. The predicted molar refractivity (Wildman–Crippen MR) is 87.6 cm³/mol. The molecular formula is C17H20N2O5. The first-order chi connectivity index (χ1) is 11.5. The van der Waals surface area contributed by atoms with Crippen LogP contribution in [0.25, 0.3) is 0 Å². The lowest BCUT2D eigenvalue weighted by Gasteiger charge is -2.16. The number of rotatable bonds is 7. The molecule has 0 aliphatic carbocycles. The van der Waals surface area contributed by atoms with Gasteiger partial charge < -0.3 is 24.9 Å². The summed E-state index contributed by atoms with van der Waals surface area (Å²) in [6.45, 7) is 1.40. The van der Waals surface area contributed by atoms with Gasteiger partial charge >= 0.3 is 0 Å². The third-order valence-corrected chi connectivity index (χ3v) is 3.59. The van der Waals surface area contributed by atoms with Crippen molar-refractivity contribution in [2.24, 2.45) is 0 Å². The second kappa shape index (κ2) is 7.65. The van der Waals surface area contributed by atoms with Crippen LogP contribution in [0.2, 0.25) is 0 Å². The lowest BCUT2D eigenvalue weighted by atomic mass is 10.1. The molecule has 0 saturated carbocycles. The predicted octanol–water partition coefficient (Wildman–Crippen LogP) is 1.70. The molecule has 1 aromatic heterocycles. The third kappa shape index (κ3) is 3.94. The summed E-state index contributed by atoms with van der Waals surface area (Å²) in [5.74, 6) is 0.526. The summed E-state index contributed by atoms with van der Waals surface area (Å²) in [5, 5.41) is 12.9. The van der Waals surface area contributed by atoms with Gasteiger partial charge in [0.15, 0.2) is 5.78 Å². The Kier molecular flexibility index (Phi) is 5.59. The number of ether oxygens (including phenoxy) is 2. The van der Waals surface area contributed by atoms with Gasteiger partial charge in [-0.05, 0) is 31.2 Å². The number of hydrogen-bond donors (Lipinski definition) is 3. The second-order valence-corrected chi connectivity index (χ2v) is 5.19. The highest BCUT2D eigenvalue weighted by molar-refractivity contribution is 5.99. The van der Waals surface area contributed by atoms with E-state index in [1.54, 1.807) is 18.2 Å². The number of ketones is 1. The number of aromatic nitrogens is 1. The van der Waals surface area contributed by atoms with Crippen molar-refractivity contribution < 1.29 is 24.2 Å². The third-order valence-electron chi connectivity index (χ3n) is 3.59. The van der Waals surface area contributed by atoms with Crippen molar-refractivity contribution in [2.75, 3.05) is 20.8 Å². The lowest BCUT2D eigenvalue weighted by molar-refractivity contribution is 0.0910. The van der Waals surface area contributed by atoms with E-state index in [0.717, 1.165) is 0 Å². The fraction of sp³-hybridized carbons (Fsp3) is 0.294. The van der Waals surface area contributed by atoms with E-state index >= 15 is 0 Å². The smallest absolute Gasteiger partial charge is 0.267 e. The van der Waals surface area contributed by atoms with Crippen LogP contribution >= 0.6 is 0 Å². The number of H-pyrrole nitrogens is 1. The van der Waals surface area contributed by atoms with E-state index in [9.17, 15) is 14.7 Å². The molecule has 24 heavy (non-hydrogen) atoms. The zero-order chi connectivity index (χ0) is 17.7. The van der Waals surface area contributed by atoms with E-state index < -0.39 is 12.0 Å². The van der Waals surface area contributed by atoms with Gasteiger partial charge in [-0.25, -0.2) is 0 Å². The summed E-state index contributed by atoms with van der Waals surface area (Å²) in [5.41, 5.74) is 1.19. The van der Waals surface area contributed by atoms with Crippen molar-refractivity contribution in [3.8, 4) is 11.5 Å². The van der Waals surface area contributed by atoms with Gasteiger partial charge in [0.25, 0.3) is 5.91 Å². The number of nitrogens with one attached hydrogen (secondary N) is 2. The number of carbonyl (C=O) groups excluding carboxylic acids is 2. The van der Waals surface area contributed by atoms with Crippen LogP contribution in [-0.4, -0.2) is 42.5 Å². The molecule has 2 aromatic rings. The minimum Gasteiger partial charge on any atom is -0.497 e. The molecule has 0 aliphatic heterocycles. The molecule has 1 amide bonds. The van der Waals surface area contributed by atoms with E-state index in [2.05, 4.69) is 10.3 Å². The van der Waals surface area contributed by atoms with Crippen LogP contribution in [0.15, 0.2) is 30.5 Å². The highest BCUT2D eigenvalue weighted by Crippen LogP contribution is 2.29. The number of aromatic amines is 1. The minimum atomic E-state index is -0.971. The number of hydrogen-bond acceptors (Lipinski definition) is 5. The molecule has 1 atom stereocenters. The standard InChI is InChI=1S/C17H20N2O5/c1-10(20)11-6-14(18-8-11)17(22)19-9-15(21)13-7-12(23-2)4-5-16(13)24-3/h4-8,15,18,21H,9H2,1-3H3,(H,19,22)/t15-/m0/s1.